The van der Waals surface area contributed by atoms with Gasteiger partial charge in [-0.25, -0.2) is 0 Å². The number of carbonyl (C=O) groups is 1. The summed E-state index contributed by atoms with van der Waals surface area (Å²) in [6.07, 6.45) is 0.858. The summed E-state index contributed by atoms with van der Waals surface area (Å²) in [5.74, 6) is 0.0102. The Hall–Kier alpha value is -1.55. The number of hydrogen-bond acceptors (Lipinski definition) is 3. The van der Waals surface area contributed by atoms with E-state index in [1.54, 1.807) is 7.11 Å². The fourth-order valence-electron chi connectivity index (χ4n) is 2.42. The zero-order chi connectivity index (χ0) is 15.3. The molecule has 1 aromatic carbocycles. The fraction of sp³-hybridized carbons (Fsp3) is 0.562. The van der Waals surface area contributed by atoms with E-state index in [2.05, 4.69) is 6.92 Å². The fourth-order valence-corrected chi connectivity index (χ4v) is 2.42. The smallest absolute Gasteiger partial charge is 0.317 e. The van der Waals surface area contributed by atoms with Gasteiger partial charge >= 0.3 is 5.97 Å². The van der Waals surface area contributed by atoms with Crippen molar-refractivity contribution in [3.8, 4) is 5.75 Å². The maximum Gasteiger partial charge on any atom is 0.317 e. The first-order valence-electron chi connectivity index (χ1n) is 6.92. The summed E-state index contributed by atoms with van der Waals surface area (Å²) in [5, 5.41) is 9.16. The molecule has 1 unspecified atom stereocenters. The van der Waals surface area contributed by atoms with Gasteiger partial charge in [0.2, 0.25) is 0 Å². The van der Waals surface area contributed by atoms with Gasteiger partial charge in [0.25, 0.3) is 0 Å². The highest BCUT2D eigenvalue weighted by Crippen LogP contribution is 2.31. The second-order valence-electron chi connectivity index (χ2n) is 5.89. The van der Waals surface area contributed by atoms with Gasteiger partial charge in [0, 0.05) is 11.6 Å². The SMILES string of the molecule is CCC(c1ccc(OC)cc1)N(CC(=O)O)C(C)(C)C. The van der Waals surface area contributed by atoms with Gasteiger partial charge in [-0.3, -0.25) is 9.69 Å². The molecule has 0 saturated heterocycles. The lowest BCUT2D eigenvalue weighted by Gasteiger charge is -2.40. The van der Waals surface area contributed by atoms with Gasteiger partial charge in [-0.2, -0.15) is 0 Å². The Kier molecular flexibility index (Phi) is 5.57. The number of methoxy groups -OCH3 is 1. The summed E-state index contributed by atoms with van der Waals surface area (Å²) in [6.45, 7) is 8.25. The van der Waals surface area contributed by atoms with Gasteiger partial charge in [-0.15, -0.1) is 0 Å². The molecule has 0 heterocycles. The van der Waals surface area contributed by atoms with Gasteiger partial charge in [0.1, 0.15) is 5.75 Å². The average molecular weight is 279 g/mol. The molecule has 0 aliphatic rings. The van der Waals surface area contributed by atoms with E-state index in [0.29, 0.717) is 0 Å². The van der Waals surface area contributed by atoms with E-state index in [1.165, 1.54) is 0 Å². The molecule has 1 atom stereocenters. The molecule has 0 spiro atoms. The molecule has 4 nitrogen and oxygen atoms in total. The Morgan fingerprint density at radius 1 is 1.30 bits per heavy atom. The average Bonchev–Trinajstić information content (AvgIpc) is 2.37. The van der Waals surface area contributed by atoms with Crippen molar-refractivity contribution in [1.82, 2.24) is 4.90 Å². The Morgan fingerprint density at radius 3 is 2.20 bits per heavy atom. The third-order valence-corrected chi connectivity index (χ3v) is 3.43. The first-order chi connectivity index (χ1) is 9.29. The molecule has 0 bridgehead atoms. The van der Waals surface area contributed by atoms with Gasteiger partial charge in [0.05, 0.1) is 13.7 Å². The minimum absolute atomic E-state index is 0.0357. The van der Waals surface area contributed by atoms with Crippen LogP contribution >= 0.6 is 0 Å². The Morgan fingerprint density at radius 2 is 1.85 bits per heavy atom. The number of carboxylic acid groups (broad SMARTS) is 1. The number of benzene rings is 1. The molecule has 4 heteroatoms. The van der Waals surface area contributed by atoms with Crippen LogP contribution in [0.25, 0.3) is 0 Å². The molecule has 0 aliphatic heterocycles. The molecule has 0 amide bonds. The number of aliphatic carboxylic acids is 1. The van der Waals surface area contributed by atoms with Gasteiger partial charge in [-0.1, -0.05) is 19.1 Å². The van der Waals surface area contributed by atoms with E-state index in [4.69, 9.17) is 9.84 Å². The monoisotopic (exact) mass is 279 g/mol. The zero-order valence-corrected chi connectivity index (χ0v) is 13.0. The summed E-state index contributed by atoms with van der Waals surface area (Å²) in [7, 11) is 1.64. The maximum absolute atomic E-state index is 11.1. The molecule has 0 saturated carbocycles. The van der Waals surface area contributed by atoms with Crippen LogP contribution in [-0.2, 0) is 4.79 Å². The number of carboxylic acids is 1. The van der Waals surface area contributed by atoms with E-state index < -0.39 is 5.97 Å². The number of nitrogens with zero attached hydrogens (tertiary/aromatic N) is 1. The standard InChI is InChI=1S/C16H25NO3/c1-6-14(12-7-9-13(20-5)10-8-12)17(11-15(18)19)16(2,3)4/h7-10,14H,6,11H2,1-5H3,(H,18,19). The topological polar surface area (TPSA) is 49.8 Å². The van der Waals surface area contributed by atoms with Crippen LogP contribution in [0, 0.1) is 0 Å². The Labute approximate surface area is 121 Å². The van der Waals surface area contributed by atoms with E-state index in [0.717, 1.165) is 17.7 Å². The number of ether oxygens (including phenoxy) is 1. The molecule has 0 aromatic heterocycles. The lowest BCUT2D eigenvalue weighted by atomic mass is 9.96. The molecule has 0 aliphatic carbocycles. The van der Waals surface area contributed by atoms with Crippen molar-refractivity contribution >= 4 is 5.97 Å². The minimum Gasteiger partial charge on any atom is -0.497 e. The first kappa shape index (κ1) is 16.5. The molecule has 0 fully saturated rings. The second-order valence-corrected chi connectivity index (χ2v) is 5.89. The van der Waals surface area contributed by atoms with Crippen molar-refractivity contribution in [2.75, 3.05) is 13.7 Å². The highest BCUT2D eigenvalue weighted by molar-refractivity contribution is 5.69. The van der Waals surface area contributed by atoms with Crippen molar-refractivity contribution in [2.24, 2.45) is 0 Å². The molecule has 1 aromatic rings. The minimum atomic E-state index is -0.799. The van der Waals surface area contributed by atoms with E-state index in [1.807, 2.05) is 49.9 Å². The third-order valence-electron chi connectivity index (χ3n) is 3.43. The number of hydrogen-bond donors (Lipinski definition) is 1. The summed E-state index contributed by atoms with van der Waals surface area (Å²) in [4.78, 5) is 13.2. The molecular weight excluding hydrogens is 254 g/mol. The summed E-state index contributed by atoms with van der Waals surface area (Å²) >= 11 is 0. The highest BCUT2D eigenvalue weighted by atomic mass is 16.5. The zero-order valence-electron chi connectivity index (χ0n) is 13.0. The normalized spacial score (nSPS) is 13.3. The van der Waals surface area contributed by atoms with Crippen molar-refractivity contribution in [3.63, 3.8) is 0 Å². The third kappa shape index (κ3) is 4.23. The molecule has 1 N–H and O–H groups in total. The van der Waals surface area contributed by atoms with Crippen LogP contribution in [0.2, 0.25) is 0 Å². The first-order valence-corrected chi connectivity index (χ1v) is 6.92. The van der Waals surface area contributed by atoms with Crippen LogP contribution in [0.1, 0.15) is 45.7 Å². The van der Waals surface area contributed by atoms with Crippen LogP contribution in [0.4, 0.5) is 0 Å². The molecular formula is C16H25NO3. The predicted octanol–water partition coefficient (Wildman–Crippen LogP) is 3.33. The van der Waals surface area contributed by atoms with Crippen LogP contribution in [0.15, 0.2) is 24.3 Å². The van der Waals surface area contributed by atoms with Crippen molar-refractivity contribution in [3.05, 3.63) is 29.8 Å². The largest absolute Gasteiger partial charge is 0.497 e. The highest BCUT2D eigenvalue weighted by Gasteiger charge is 2.30. The predicted molar refractivity (Wildman–Crippen MR) is 80.1 cm³/mol. The van der Waals surface area contributed by atoms with Gasteiger partial charge in [0.15, 0.2) is 0 Å². The lowest BCUT2D eigenvalue weighted by molar-refractivity contribution is -0.140. The van der Waals surface area contributed by atoms with Crippen LogP contribution in [-0.4, -0.2) is 35.2 Å². The van der Waals surface area contributed by atoms with Gasteiger partial charge in [-0.05, 0) is 44.9 Å². The number of rotatable bonds is 6. The maximum atomic E-state index is 11.1. The van der Waals surface area contributed by atoms with Crippen LogP contribution in [0.3, 0.4) is 0 Å². The van der Waals surface area contributed by atoms with Gasteiger partial charge < -0.3 is 9.84 Å². The molecule has 0 radical (unpaired) electrons. The van der Waals surface area contributed by atoms with Crippen molar-refractivity contribution in [1.29, 1.82) is 0 Å². The van der Waals surface area contributed by atoms with Crippen LogP contribution in [0.5, 0.6) is 5.75 Å². The van der Waals surface area contributed by atoms with Crippen molar-refractivity contribution < 1.29 is 14.6 Å². The Bertz CT molecular complexity index is 434. The summed E-state index contributed by atoms with van der Waals surface area (Å²) in [5.41, 5.74) is 0.906. The van der Waals surface area contributed by atoms with E-state index in [-0.39, 0.29) is 18.1 Å². The van der Waals surface area contributed by atoms with Crippen LogP contribution < -0.4 is 4.74 Å². The lowest BCUT2D eigenvalue weighted by Crippen LogP contribution is -2.46. The van der Waals surface area contributed by atoms with E-state index in [9.17, 15) is 4.79 Å². The Balaban J connectivity index is 3.08. The molecule has 112 valence electrons. The second kappa shape index (κ2) is 6.75. The van der Waals surface area contributed by atoms with E-state index >= 15 is 0 Å². The molecule has 1 rings (SSSR count). The quantitative estimate of drug-likeness (QED) is 0.867. The summed E-state index contributed by atoms with van der Waals surface area (Å²) < 4.78 is 5.17. The van der Waals surface area contributed by atoms with Crippen molar-refractivity contribution in [2.45, 2.75) is 45.7 Å². The summed E-state index contributed by atoms with van der Waals surface area (Å²) in [6, 6.07) is 7.93. The molecule has 20 heavy (non-hydrogen) atoms.